The third-order valence-electron chi connectivity index (χ3n) is 7.63. The van der Waals surface area contributed by atoms with Crippen molar-refractivity contribution in [2.75, 3.05) is 19.7 Å². The fraction of sp³-hybridized carbons (Fsp3) is 0.625. The number of ether oxygens (including phenoxy) is 2. The number of esters is 1. The first-order valence-electron chi connectivity index (χ1n) is 11.5. The van der Waals surface area contributed by atoms with Crippen molar-refractivity contribution < 1.29 is 14.3 Å². The number of aromatic amines is 1. The van der Waals surface area contributed by atoms with E-state index in [0.717, 1.165) is 66.7 Å². The molecule has 2 aromatic rings. The van der Waals surface area contributed by atoms with Crippen LogP contribution in [0.15, 0.2) is 12.1 Å². The van der Waals surface area contributed by atoms with Crippen molar-refractivity contribution in [3.63, 3.8) is 0 Å². The molecular formula is C24H30N2O3. The molecule has 1 spiro atoms. The Morgan fingerprint density at radius 3 is 2.93 bits per heavy atom. The van der Waals surface area contributed by atoms with E-state index in [1.54, 1.807) is 0 Å². The minimum absolute atomic E-state index is 0.128. The molecule has 1 aromatic heterocycles. The molecule has 2 unspecified atom stereocenters. The van der Waals surface area contributed by atoms with E-state index in [2.05, 4.69) is 22.0 Å². The third-order valence-corrected chi connectivity index (χ3v) is 7.63. The second-order valence-electron chi connectivity index (χ2n) is 9.31. The molecule has 29 heavy (non-hydrogen) atoms. The first-order chi connectivity index (χ1) is 14.2. The summed E-state index contributed by atoms with van der Waals surface area (Å²) in [5.74, 6) is 1.77. The van der Waals surface area contributed by atoms with Gasteiger partial charge >= 0.3 is 5.97 Å². The molecule has 154 valence electrons. The van der Waals surface area contributed by atoms with Crippen LogP contribution in [0.1, 0.15) is 79.4 Å². The predicted octanol–water partition coefficient (Wildman–Crippen LogP) is 4.75. The van der Waals surface area contributed by atoms with Crippen LogP contribution in [0.4, 0.5) is 0 Å². The molecule has 5 nitrogen and oxygen atoms in total. The van der Waals surface area contributed by atoms with Crippen molar-refractivity contribution in [1.82, 2.24) is 9.88 Å². The number of nitrogens with one attached hydrogen (secondary N) is 1. The summed E-state index contributed by atoms with van der Waals surface area (Å²) < 4.78 is 12.4. The second-order valence-corrected chi connectivity index (χ2v) is 9.31. The Bertz CT molecular complexity index is 974. The maximum atomic E-state index is 13.0. The standard InChI is InChI=1S/C24H30N2O3/c1-2-28-23(27)21-20-17-14-16-6-5-13-26-12-4-3-11-24(16,26)29-19(17)10-9-18(20)25-22(21)15-7-8-15/h9-10,15-16,25H,2-8,11-14H2,1H3. The van der Waals surface area contributed by atoms with Crippen molar-refractivity contribution >= 4 is 16.9 Å². The van der Waals surface area contributed by atoms with Crippen LogP contribution in [0.5, 0.6) is 5.75 Å². The largest absolute Gasteiger partial charge is 0.472 e. The highest BCUT2D eigenvalue weighted by molar-refractivity contribution is 6.08. The molecule has 3 aliphatic heterocycles. The summed E-state index contributed by atoms with van der Waals surface area (Å²) in [6.07, 6.45) is 9.40. The summed E-state index contributed by atoms with van der Waals surface area (Å²) in [4.78, 5) is 19.2. The van der Waals surface area contributed by atoms with Gasteiger partial charge in [-0.05, 0) is 69.9 Å². The van der Waals surface area contributed by atoms with E-state index in [1.807, 2.05) is 6.92 Å². The van der Waals surface area contributed by atoms with Crippen LogP contribution in [0.3, 0.4) is 0 Å². The van der Waals surface area contributed by atoms with Gasteiger partial charge in [0.1, 0.15) is 5.75 Å². The second kappa shape index (κ2) is 6.49. The summed E-state index contributed by atoms with van der Waals surface area (Å²) in [5.41, 5.74) is 4.00. The van der Waals surface area contributed by atoms with Crippen LogP contribution in [0.25, 0.3) is 10.9 Å². The van der Waals surface area contributed by atoms with Crippen LogP contribution < -0.4 is 4.74 Å². The van der Waals surface area contributed by atoms with Gasteiger partial charge in [0.25, 0.3) is 0 Å². The number of rotatable bonds is 3. The van der Waals surface area contributed by atoms with Crippen LogP contribution in [-0.4, -0.2) is 41.3 Å². The Morgan fingerprint density at radius 2 is 2.10 bits per heavy atom. The lowest BCUT2D eigenvalue weighted by atomic mass is 9.74. The van der Waals surface area contributed by atoms with Crippen molar-refractivity contribution in [2.45, 2.75) is 69.9 Å². The predicted molar refractivity (Wildman–Crippen MR) is 111 cm³/mol. The first-order valence-corrected chi connectivity index (χ1v) is 11.5. The number of hydrogen-bond acceptors (Lipinski definition) is 4. The number of carbonyl (C=O) groups is 1. The fourth-order valence-electron chi connectivity index (χ4n) is 6.20. The number of benzene rings is 1. The molecule has 2 saturated heterocycles. The Balaban J connectivity index is 1.51. The normalized spacial score (nSPS) is 28.9. The third kappa shape index (κ3) is 2.59. The number of hydrogen-bond donors (Lipinski definition) is 1. The number of nitrogens with zero attached hydrogens (tertiary/aromatic N) is 1. The zero-order chi connectivity index (χ0) is 19.6. The molecule has 3 fully saturated rings. The molecule has 1 aliphatic carbocycles. The fourth-order valence-corrected chi connectivity index (χ4v) is 6.20. The van der Waals surface area contributed by atoms with Gasteiger partial charge in [-0.15, -0.1) is 0 Å². The zero-order valence-corrected chi connectivity index (χ0v) is 17.3. The SMILES string of the molecule is CCOC(=O)c1c(C2CC2)[nH]c2ccc3c(c12)CC1CCCN2CCCCC12O3. The molecule has 2 atom stereocenters. The maximum absolute atomic E-state index is 13.0. The van der Waals surface area contributed by atoms with Gasteiger partial charge in [0, 0.05) is 47.6 Å². The molecule has 6 rings (SSSR count). The quantitative estimate of drug-likeness (QED) is 0.764. The van der Waals surface area contributed by atoms with Crippen molar-refractivity contribution in [1.29, 1.82) is 0 Å². The molecule has 1 aromatic carbocycles. The molecule has 0 bridgehead atoms. The first kappa shape index (κ1) is 17.8. The van der Waals surface area contributed by atoms with Crippen LogP contribution in [-0.2, 0) is 11.2 Å². The van der Waals surface area contributed by atoms with Gasteiger partial charge < -0.3 is 14.5 Å². The summed E-state index contributed by atoms with van der Waals surface area (Å²) in [6.45, 7) is 4.59. The Hall–Kier alpha value is -2.01. The van der Waals surface area contributed by atoms with E-state index in [-0.39, 0.29) is 11.7 Å². The lowest BCUT2D eigenvalue weighted by molar-refractivity contribution is -0.177. The van der Waals surface area contributed by atoms with E-state index < -0.39 is 0 Å². The van der Waals surface area contributed by atoms with Gasteiger partial charge in [0.05, 0.1) is 12.2 Å². The van der Waals surface area contributed by atoms with Gasteiger partial charge in [-0.25, -0.2) is 4.79 Å². The highest BCUT2D eigenvalue weighted by Crippen LogP contribution is 2.51. The summed E-state index contributed by atoms with van der Waals surface area (Å²) >= 11 is 0. The molecule has 0 radical (unpaired) electrons. The topological polar surface area (TPSA) is 54.6 Å². The number of piperidine rings is 2. The maximum Gasteiger partial charge on any atom is 0.340 e. The summed E-state index contributed by atoms with van der Waals surface area (Å²) in [6, 6.07) is 4.24. The van der Waals surface area contributed by atoms with Crippen molar-refractivity contribution in [2.24, 2.45) is 5.92 Å². The van der Waals surface area contributed by atoms with E-state index >= 15 is 0 Å². The Labute approximate surface area is 171 Å². The van der Waals surface area contributed by atoms with Crippen molar-refractivity contribution in [3.8, 4) is 5.75 Å². The van der Waals surface area contributed by atoms with E-state index in [1.165, 1.54) is 31.2 Å². The molecule has 1 saturated carbocycles. The van der Waals surface area contributed by atoms with E-state index in [4.69, 9.17) is 9.47 Å². The molecule has 5 heteroatoms. The van der Waals surface area contributed by atoms with Crippen LogP contribution >= 0.6 is 0 Å². The molecule has 0 amide bonds. The molecule has 1 N–H and O–H groups in total. The molecule has 4 heterocycles. The van der Waals surface area contributed by atoms with Crippen LogP contribution in [0, 0.1) is 5.92 Å². The van der Waals surface area contributed by atoms with Gasteiger partial charge in [-0.2, -0.15) is 0 Å². The number of aromatic nitrogens is 1. The number of fused-ring (bicyclic) bond motifs is 3. The average molecular weight is 395 g/mol. The Kier molecular flexibility index (Phi) is 3.99. The monoisotopic (exact) mass is 394 g/mol. The molecule has 4 aliphatic rings. The lowest BCUT2D eigenvalue weighted by Crippen LogP contribution is -2.64. The Morgan fingerprint density at radius 1 is 1.24 bits per heavy atom. The van der Waals surface area contributed by atoms with Gasteiger partial charge in [0.15, 0.2) is 5.72 Å². The van der Waals surface area contributed by atoms with Gasteiger partial charge in [-0.1, -0.05) is 0 Å². The van der Waals surface area contributed by atoms with E-state index in [0.29, 0.717) is 18.4 Å². The van der Waals surface area contributed by atoms with Crippen LogP contribution in [0.2, 0.25) is 0 Å². The minimum atomic E-state index is -0.183. The lowest BCUT2D eigenvalue weighted by Gasteiger charge is -2.56. The number of carbonyl (C=O) groups excluding carboxylic acids is 1. The summed E-state index contributed by atoms with van der Waals surface area (Å²) in [5, 5.41) is 1.06. The highest BCUT2D eigenvalue weighted by Gasteiger charge is 2.52. The van der Waals surface area contributed by atoms with Gasteiger partial charge in [0.2, 0.25) is 0 Å². The van der Waals surface area contributed by atoms with Gasteiger partial charge in [-0.3, -0.25) is 4.90 Å². The molecular weight excluding hydrogens is 364 g/mol. The number of H-pyrrole nitrogens is 1. The highest BCUT2D eigenvalue weighted by atomic mass is 16.5. The van der Waals surface area contributed by atoms with E-state index in [9.17, 15) is 4.79 Å². The smallest absolute Gasteiger partial charge is 0.340 e. The average Bonchev–Trinajstić information content (AvgIpc) is 3.50. The minimum Gasteiger partial charge on any atom is -0.472 e. The summed E-state index contributed by atoms with van der Waals surface area (Å²) in [7, 11) is 0. The zero-order valence-electron chi connectivity index (χ0n) is 17.3. The van der Waals surface area contributed by atoms with Crippen molar-refractivity contribution in [3.05, 3.63) is 29.0 Å².